The highest BCUT2D eigenvalue weighted by Crippen LogP contribution is 2.38. The van der Waals surface area contributed by atoms with E-state index in [1.165, 1.54) is 20.3 Å². The zero-order chi connectivity index (χ0) is 22.7. The van der Waals surface area contributed by atoms with Gasteiger partial charge in [-0.3, -0.25) is 19.3 Å². The van der Waals surface area contributed by atoms with Crippen LogP contribution in [-0.2, 0) is 9.59 Å². The van der Waals surface area contributed by atoms with E-state index in [0.29, 0.717) is 27.8 Å². The van der Waals surface area contributed by atoms with Crippen molar-refractivity contribution in [3.63, 3.8) is 0 Å². The molecule has 0 bridgehead atoms. The molecule has 0 unspecified atom stereocenters. The number of amides is 3. The van der Waals surface area contributed by atoms with Crippen molar-refractivity contribution in [2.75, 3.05) is 26.1 Å². The van der Waals surface area contributed by atoms with Crippen molar-refractivity contribution >= 4 is 52.2 Å². The summed E-state index contributed by atoms with van der Waals surface area (Å²) in [6.07, 6.45) is 1.53. The smallest absolute Gasteiger partial charge is 0.294 e. The van der Waals surface area contributed by atoms with E-state index in [1.54, 1.807) is 18.2 Å². The Labute approximate surface area is 189 Å². The molecule has 0 atom stereocenters. The number of rotatable bonds is 6. The number of nitrogens with zero attached hydrogens (tertiary/aromatic N) is 1. The molecule has 2 aromatic rings. The number of anilines is 1. The van der Waals surface area contributed by atoms with Gasteiger partial charge in [0.1, 0.15) is 6.54 Å². The average Bonchev–Trinajstić information content (AvgIpc) is 2.97. The van der Waals surface area contributed by atoms with Crippen LogP contribution >= 0.6 is 23.4 Å². The van der Waals surface area contributed by atoms with Gasteiger partial charge in [0.05, 0.1) is 24.1 Å². The minimum absolute atomic E-state index is 0.188. The molecule has 0 radical (unpaired) electrons. The summed E-state index contributed by atoms with van der Waals surface area (Å²) in [7, 11) is 2.94. The van der Waals surface area contributed by atoms with Gasteiger partial charge in [-0.1, -0.05) is 29.3 Å². The van der Waals surface area contributed by atoms with Crippen LogP contribution in [0, 0.1) is 13.8 Å². The Kier molecular flexibility index (Phi) is 6.92. The first kappa shape index (κ1) is 22.7. The Bertz CT molecular complexity index is 1100. The third-order valence-corrected chi connectivity index (χ3v) is 5.77. The highest BCUT2D eigenvalue weighted by atomic mass is 35.5. The van der Waals surface area contributed by atoms with Gasteiger partial charge in [-0.25, -0.2) is 0 Å². The molecular formula is C22H21ClN2O5S. The normalized spacial score (nSPS) is 14.9. The molecule has 0 spiro atoms. The average molecular weight is 461 g/mol. The lowest BCUT2D eigenvalue weighted by molar-refractivity contribution is -0.127. The van der Waals surface area contributed by atoms with Gasteiger partial charge in [-0.2, -0.15) is 0 Å². The summed E-state index contributed by atoms with van der Waals surface area (Å²) >= 11 is 6.97. The summed E-state index contributed by atoms with van der Waals surface area (Å²) in [6.45, 7) is 3.46. The Hall–Kier alpha value is -2.97. The van der Waals surface area contributed by atoms with E-state index in [4.69, 9.17) is 21.1 Å². The Morgan fingerprint density at radius 3 is 2.55 bits per heavy atom. The standard InChI is InChI=1S/C22H21ClN2O5S/c1-12-5-6-16(13(2)7-12)24-19(26)11-25-21(27)18(31-22(25)28)10-14-8-15(23)20(30-4)17(9-14)29-3/h5-10H,11H2,1-4H3,(H,24,26)/b18-10-. The number of carbonyl (C=O) groups excluding carboxylic acids is 3. The number of aryl methyl sites for hydroxylation is 2. The maximum Gasteiger partial charge on any atom is 0.294 e. The van der Waals surface area contributed by atoms with E-state index >= 15 is 0 Å². The second-order valence-corrected chi connectivity index (χ2v) is 8.27. The molecule has 9 heteroatoms. The largest absolute Gasteiger partial charge is 0.493 e. The van der Waals surface area contributed by atoms with E-state index in [0.717, 1.165) is 27.8 Å². The zero-order valence-corrected chi connectivity index (χ0v) is 19.0. The first-order chi connectivity index (χ1) is 14.7. The summed E-state index contributed by atoms with van der Waals surface area (Å²) in [4.78, 5) is 38.6. The van der Waals surface area contributed by atoms with Crippen molar-refractivity contribution < 1.29 is 23.9 Å². The molecular weight excluding hydrogens is 440 g/mol. The fraction of sp³-hybridized carbons (Fsp3) is 0.227. The molecule has 1 heterocycles. The maximum absolute atomic E-state index is 12.7. The van der Waals surface area contributed by atoms with Crippen LogP contribution in [-0.4, -0.2) is 42.7 Å². The van der Waals surface area contributed by atoms with Gasteiger partial charge >= 0.3 is 0 Å². The van der Waals surface area contributed by atoms with Crippen LogP contribution in [0.4, 0.5) is 10.5 Å². The highest BCUT2D eigenvalue weighted by Gasteiger charge is 2.36. The van der Waals surface area contributed by atoms with Gasteiger partial charge in [0.2, 0.25) is 5.91 Å². The summed E-state index contributed by atoms with van der Waals surface area (Å²) in [5.74, 6) is -0.229. The highest BCUT2D eigenvalue weighted by molar-refractivity contribution is 8.18. The van der Waals surface area contributed by atoms with Crippen LogP contribution < -0.4 is 14.8 Å². The van der Waals surface area contributed by atoms with E-state index in [1.807, 2.05) is 26.0 Å². The van der Waals surface area contributed by atoms with Crippen LogP contribution in [0.2, 0.25) is 5.02 Å². The van der Waals surface area contributed by atoms with Crippen molar-refractivity contribution in [1.82, 2.24) is 4.90 Å². The van der Waals surface area contributed by atoms with Crippen molar-refractivity contribution in [3.05, 3.63) is 56.9 Å². The van der Waals surface area contributed by atoms with Crippen molar-refractivity contribution in [2.45, 2.75) is 13.8 Å². The number of hydrogen-bond donors (Lipinski definition) is 1. The molecule has 1 aliphatic heterocycles. The number of nitrogens with one attached hydrogen (secondary N) is 1. The van der Waals surface area contributed by atoms with Gasteiger partial charge < -0.3 is 14.8 Å². The number of ether oxygens (including phenoxy) is 2. The molecule has 3 rings (SSSR count). The van der Waals surface area contributed by atoms with Gasteiger partial charge in [-0.05, 0) is 61.0 Å². The molecule has 1 saturated heterocycles. The number of imide groups is 1. The number of methoxy groups -OCH3 is 2. The molecule has 162 valence electrons. The van der Waals surface area contributed by atoms with E-state index in [2.05, 4.69) is 5.32 Å². The quantitative estimate of drug-likeness (QED) is 0.631. The predicted octanol–water partition coefficient (Wildman–Crippen LogP) is 4.65. The molecule has 1 aliphatic rings. The van der Waals surface area contributed by atoms with Crippen LogP contribution in [0.5, 0.6) is 11.5 Å². The van der Waals surface area contributed by atoms with Crippen LogP contribution in [0.3, 0.4) is 0 Å². The van der Waals surface area contributed by atoms with Crippen LogP contribution in [0.15, 0.2) is 35.2 Å². The number of halogens is 1. The molecule has 0 aliphatic carbocycles. The SMILES string of the molecule is COc1cc(/C=C2\SC(=O)N(CC(=O)Nc3ccc(C)cc3C)C2=O)cc(Cl)c1OC. The molecule has 7 nitrogen and oxygen atoms in total. The van der Waals surface area contributed by atoms with Crippen molar-refractivity contribution in [2.24, 2.45) is 0 Å². The van der Waals surface area contributed by atoms with E-state index in [-0.39, 0.29) is 11.4 Å². The molecule has 3 amide bonds. The topological polar surface area (TPSA) is 84.9 Å². The summed E-state index contributed by atoms with van der Waals surface area (Å²) in [6, 6.07) is 8.85. The Morgan fingerprint density at radius 1 is 1.16 bits per heavy atom. The minimum Gasteiger partial charge on any atom is -0.493 e. The number of benzene rings is 2. The predicted molar refractivity (Wildman–Crippen MR) is 122 cm³/mol. The third kappa shape index (κ3) is 5.03. The van der Waals surface area contributed by atoms with Gasteiger partial charge in [0.25, 0.3) is 11.1 Å². The first-order valence-corrected chi connectivity index (χ1v) is 10.5. The molecule has 0 saturated carbocycles. The second kappa shape index (κ2) is 9.45. The third-order valence-electron chi connectivity index (χ3n) is 4.58. The number of carbonyl (C=O) groups is 3. The van der Waals surface area contributed by atoms with Crippen LogP contribution in [0.1, 0.15) is 16.7 Å². The lowest BCUT2D eigenvalue weighted by atomic mass is 10.1. The summed E-state index contributed by atoms with van der Waals surface area (Å²) in [5, 5.41) is 2.53. The number of thioether (sulfide) groups is 1. The lowest BCUT2D eigenvalue weighted by Crippen LogP contribution is -2.36. The molecule has 0 aromatic heterocycles. The monoisotopic (exact) mass is 460 g/mol. The van der Waals surface area contributed by atoms with E-state index < -0.39 is 17.1 Å². The Balaban J connectivity index is 1.76. The number of hydrogen-bond acceptors (Lipinski definition) is 6. The minimum atomic E-state index is -0.545. The van der Waals surface area contributed by atoms with Crippen molar-refractivity contribution in [3.8, 4) is 11.5 Å². The summed E-state index contributed by atoms with van der Waals surface area (Å²) < 4.78 is 10.5. The van der Waals surface area contributed by atoms with Gasteiger partial charge in [0.15, 0.2) is 11.5 Å². The van der Waals surface area contributed by atoms with E-state index in [9.17, 15) is 14.4 Å². The molecule has 1 fully saturated rings. The lowest BCUT2D eigenvalue weighted by Gasteiger charge is -2.14. The molecule has 2 aromatic carbocycles. The Morgan fingerprint density at radius 2 is 1.90 bits per heavy atom. The van der Waals surface area contributed by atoms with Gasteiger partial charge in [0, 0.05) is 5.69 Å². The zero-order valence-electron chi connectivity index (χ0n) is 17.4. The first-order valence-electron chi connectivity index (χ1n) is 9.27. The molecule has 1 N–H and O–H groups in total. The fourth-order valence-corrected chi connectivity index (χ4v) is 4.23. The molecule has 31 heavy (non-hydrogen) atoms. The maximum atomic E-state index is 12.7. The van der Waals surface area contributed by atoms with Crippen LogP contribution in [0.25, 0.3) is 6.08 Å². The second-order valence-electron chi connectivity index (χ2n) is 6.87. The van der Waals surface area contributed by atoms with Gasteiger partial charge in [-0.15, -0.1) is 0 Å². The fourth-order valence-electron chi connectivity index (χ4n) is 3.10. The summed E-state index contributed by atoms with van der Waals surface area (Å²) in [5.41, 5.74) is 3.17. The van der Waals surface area contributed by atoms with Crippen molar-refractivity contribution in [1.29, 1.82) is 0 Å².